The number of carbonyl (C=O) groups is 2. The van der Waals surface area contributed by atoms with Crippen molar-refractivity contribution in [3.63, 3.8) is 0 Å². The molecular weight excluding hydrogens is 347 g/mol. The Kier molecular flexibility index (Phi) is 4.35. The number of hydrogen-bond donors (Lipinski definition) is 1. The zero-order valence-corrected chi connectivity index (χ0v) is 14.6. The van der Waals surface area contributed by atoms with Crippen LogP contribution in [0.15, 0.2) is 53.2 Å². The molecular formula is C18H14Cl2N2O2. The second-order valence-corrected chi connectivity index (χ2v) is 6.35. The number of carbonyl (C=O) groups excluding carboxylic acids is 2. The monoisotopic (exact) mass is 360 g/mol. The van der Waals surface area contributed by atoms with Crippen LogP contribution in [0.3, 0.4) is 0 Å². The molecule has 2 aromatic carbocycles. The van der Waals surface area contributed by atoms with Gasteiger partial charge in [-0.3, -0.25) is 9.59 Å². The molecule has 0 saturated heterocycles. The van der Waals surface area contributed by atoms with Gasteiger partial charge in [-0.05, 0) is 61.4 Å². The van der Waals surface area contributed by atoms with Gasteiger partial charge in [-0.2, -0.15) is 0 Å². The number of nitrogens with one attached hydrogen (secondary N) is 1. The number of aryl methyl sites for hydroxylation is 2. The highest BCUT2D eigenvalue weighted by Crippen LogP contribution is 2.31. The number of benzene rings is 2. The molecule has 2 amide bonds. The Balaban J connectivity index is 1.91. The van der Waals surface area contributed by atoms with E-state index < -0.39 is 11.8 Å². The molecule has 122 valence electrons. The van der Waals surface area contributed by atoms with Crippen molar-refractivity contribution in [3.8, 4) is 0 Å². The zero-order chi connectivity index (χ0) is 17.4. The highest BCUT2D eigenvalue weighted by Gasteiger charge is 2.38. The van der Waals surface area contributed by atoms with Crippen molar-refractivity contribution in [1.29, 1.82) is 0 Å². The Bertz CT molecular complexity index is 873. The van der Waals surface area contributed by atoms with E-state index >= 15 is 0 Å². The van der Waals surface area contributed by atoms with Gasteiger partial charge in [-0.25, -0.2) is 4.90 Å². The van der Waals surface area contributed by atoms with Crippen molar-refractivity contribution in [3.05, 3.63) is 69.3 Å². The van der Waals surface area contributed by atoms with Crippen molar-refractivity contribution in [2.75, 3.05) is 10.2 Å². The second-order valence-electron chi connectivity index (χ2n) is 5.54. The Morgan fingerprint density at radius 3 is 2.17 bits per heavy atom. The molecule has 1 aliphatic heterocycles. The Morgan fingerprint density at radius 1 is 0.875 bits per heavy atom. The van der Waals surface area contributed by atoms with E-state index in [1.165, 1.54) is 0 Å². The maximum absolute atomic E-state index is 12.6. The summed E-state index contributed by atoms with van der Waals surface area (Å²) in [6, 6.07) is 12.1. The lowest BCUT2D eigenvalue weighted by Crippen LogP contribution is -2.32. The Morgan fingerprint density at radius 2 is 1.54 bits per heavy atom. The van der Waals surface area contributed by atoms with E-state index in [0.717, 1.165) is 16.0 Å². The maximum Gasteiger partial charge on any atom is 0.283 e. The third kappa shape index (κ3) is 2.90. The summed E-state index contributed by atoms with van der Waals surface area (Å²) in [5, 5.41) is 3.35. The molecule has 24 heavy (non-hydrogen) atoms. The number of rotatable bonds is 3. The first-order valence-corrected chi connectivity index (χ1v) is 8.02. The summed E-state index contributed by atoms with van der Waals surface area (Å²) in [5.41, 5.74) is 3.40. The van der Waals surface area contributed by atoms with Crippen molar-refractivity contribution in [1.82, 2.24) is 0 Å². The van der Waals surface area contributed by atoms with Crippen molar-refractivity contribution in [2.24, 2.45) is 0 Å². The average Bonchev–Trinajstić information content (AvgIpc) is 2.76. The van der Waals surface area contributed by atoms with Crippen molar-refractivity contribution in [2.45, 2.75) is 13.8 Å². The van der Waals surface area contributed by atoms with Gasteiger partial charge in [0.1, 0.15) is 10.7 Å². The smallest absolute Gasteiger partial charge is 0.283 e. The largest absolute Gasteiger partial charge is 0.350 e. The van der Waals surface area contributed by atoms with Crippen LogP contribution in [0, 0.1) is 13.8 Å². The summed E-state index contributed by atoms with van der Waals surface area (Å²) in [6.45, 7) is 3.97. The minimum atomic E-state index is -0.560. The van der Waals surface area contributed by atoms with Gasteiger partial charge in [-0.1, -0.05) is 29.3 Å². The quantitative estimate of drug-likeness (QED) is 0.825. The van der Waals surface area contributed by atoms with Crippen molar-refractivity contribution < 1.29 is 9.59 Å². The molecule has 0 fully saturated rings. The molecule has 6 heteroatoms. The molecule has 1 N–H and O–H groups in total. The van der Waals surface area contributed by atoms with Gasteiger partial charge in [0.05, 0.1) is 5.69 Å². The molecule has 4 nitrogen and oxygen atoms in total. The van der Waals surface area contributed by atoms with Crippen LogP contribution in [-0.4, -0.2) is 11.8 Å². The molecule has 0 aliphatic carbocycles. The van der Waals surface area contributed by atoms with Gasteiger partial charge in [0.15, 0.2) is 0 Å². The molecule has 0 unspecified atom stereocenters. The molecule has 1 aliphatic rings. The fourth-order valence-corrected chi connectivity index (χ4v) is 2.74. The molecule has 0 saturated carbocycles. The summed E-state index contributed by atoms with van der Waals surface area (Å²) >= 11 is 11.9. The van der Waals surface area contributed by atoms with Crippen LogP contribution in [0.4, 0.5) is 11.4 Å². The van der Waals surface area contributed by atoms with Gasteiger partial charge in [0, 0.05) is 10.7 Å². The van der Waals surface area contributed by atoms with E-state index in [1.807, 2.05) is 32.0 Å². The van der Waals surface area contributed by atoms with Gasteiger partial charge in [0.25, 0.3) is 11.8 Å². The van der Waals surface area contributed by atoms with Crippen LogP contribution < -0.4 is 10.2 Å². The molecule has 1 heterocycles. The standard InChI is InChI=1S/C18H14Cl2N2O2/c1-10-3-6-13(9-11(10)2)21-16-15(20)17(23)22(18(16)24)14-7-4-12(19)5-8-14/h3-9,21H,1-2H3. The molecule has 0 aromatic heterocycles. The topological polar surface area (TPSA) is 49.4 Å². The van der Waals surface area contributed by atoms with Gasteiger partial charge in [0.2, 0.25) is 0 Å². The predicted molar refractivity (Wildman–Crippen MR) is 96.4 cm³/mol. The van der Waals surface area contributed by atoms with Crippen LogP contribution in [0.2, 0.25) is 5.02 Å². The van der Waals surface area contributed by atoms with Gasteiger partial charge in [-0.15, -0.1) is 0 Å². The first kappa shape index (κ1) is 16.6. The minimum absolute atomic E-state index is 0.0693. The third-order valence-corrected chi connectivity index (χ3v) is 4.49. The first-order chi connectivity index (χ1) is 11.4. The summed E-state index contributed by atoms with van der Waals surface area (Å²) in [7, 11) is 0. The summed E-state index contributed by atoms with van der Waals surface area (Å²) in [4.78, 5) is 26.0. The number of imide groups is 1. The second kappa shape index (κ2) is 6.30. The number of amides is 2. The molecule has 2 aromatic rings. The highest BCUT2D eigenvalue weighted by molar-refractivity contribution is 6.53. The lowest BCUT2D eigenvalue weighted by molar-refractivity contribution is -0.120. The molecule has 0 radical (unpaired) electrons. The van der Waals surface area contributed by atoms with E-state index in [2.05, 4.69) is 5.32 Å². The average molecular weight is 361 g/mol. The van der Waals surface area contributed by atoms with Gasteiger partial charge >= 0.3 is 0 Å². The molecule has 0 bridgehead atoms. The van der Waals surface area contributed by atoms with E-state index in [-0.39, 0.29) is 10.7 Å². The lowest BCUT2D eigenvalue weighted by atomic mass is 10.1. The van der Waals surface area contributed by atoms with E-state index in [1.54, 1.807) is 24.3 Å². The first-order valence-electron chi connectivity index (χ1n) is 7.27. The van der Waals surface area contributed by atoms with Crippen molar-refractivity contribution >= 4 is 46.4 Å². The predicted octanol–water partition coefficient (Wildman–Crippen LogP) is 4.39. The highest BCUT2D eigenvalue weighted by atomic mass is 35.5. The summed E-state index contributed by atoms with van der Waals surface area (Å²) in [6.07, 6.45) is 0. The fraction of sp³-hybridized carbons (Fsp3) is 0.111. The number of nitrogens with zero attached hydrogens (tertiary/aromatic N) is 1. The van der Waals surface area contributed by atoms with E-state index in [0.29, 0.717) is 16.4 Å². The van der Waals surface area contributed by atoms with E-state index in [9.17, 15) is 9.59 Å². The van der Waals surface area contributed by atoms with E-state index in [4.69, 9.17) is 23.2 Å². The lowest BCUT2D eigenvalue weighted by Gasteiger charge is -2.15. The van der Waals surface area contributed by atoms with Crippen LogP contribution in [0.1, 0.15) is 11.1 Å². The number of hydrogen-bond acceptors (Lipinski definition) is 3. The third-order valence-electron chi connectivity index (χ3n) is 3.89. The summed E-state index contributed by atoms with van der Waals surface area (Å²) in [5.74, 6) is -1.05. The summed E-state index contributed by atoms with van der Waals surface area (Å²) < 4.78 is 0. The Labute approximate surface area is 149 Å². The fourth-order valence-electron chi connectivity index (χ4n) is 2.40. The minimum Gasteiger partial charge on any atom is -0.350 e. The Hall–Kier alpha value is -2.30. The molecule has 3 rings (SSSR count). The molecule has 0 spiro atoms. The maximum atomic E-state index is 12.6. The van der Waals surface area contributed by atoms with Crippen LogP contribution in [0.25, 0.3) is 0 Å². The van der Waals surface area contributed by atoms with Crippen LogP contribution in [0.5, 0.6) is 0 Å². The number of halogens is 2. The molecule has 0 atom stereocenters. The number of anilines is 2. The van der Waals surface area contributed by atoms with Crippen LogP contribution >= 0.6 is 23.2 Å². The SMILES string of the molecule is Cc1ccc(NC2=C(Cl)C(=O)N(c3ccc(Cl)cc3)C2=O)cc1C. The van der Waals surface area contributed by atoms with Crippen LogP contribution in [-0.2, 0) is 9.59 Å². The normalized spacial score (nSPS) is 14.6. The zero-order valence-electron chi connectivity index (χ0n) is 13.1. The van der Waals surface area contributed by atoms with Gasteiger partial charge < -0.3 is 5.32 Å².